The largest absolute Gasteiger partial charge is 0.339 e. The zero-order valence-electron chi connectivity index (χ0n) is 10.3. The average Bonchev–Trinajstić information content (AvgIpc) is 2.56. The maximum Gasteiger partial charge on any atom is 0.147 e. The Morgan fingerprint density at radius 1 is 1.41 bits per heavy atom. The van der Waals surface area contributed by atoms with Crippen LogP contribution in [0.1, 0.15) is 32.5 Å². The van der Waals surface area contributed by atoms with E-state index in [1.165, 1.54) is 6.07 Å². The summed E-state index contributed by atoms with van der Waals surface area (Å²) in [5, 5.41) is 0.856. The van der Waals surface area contributed by atoms with E-state index in [4.69, 9.17) is 0 Å². The molecule has 2 nitrogen and oxygen atoms in total. The van der Waals surface area contributed by atoms with Gasteiger partial charge >= 0.3 is 0 Å². The lowest BCUT2D eigenvalue weighted by atomic mass is 10.2. The Hall–Kier alpha value is -1.64. The van der Waals surface area contributed by atoms with Crippen molar-refractivity contribution in [1.82, 2.24) is 4.57 Å². The van der Waals surface area contributed by atoms with Gasteiger partial charge in [-0.1, -0.05) is 12.1 Å². The second kappa shape index (κ2) is 4.32. The van der Waals surface area contributed by atoms with Crippen molar-refractivity contribution in [2.45, 2.75) is 33.2 Å². The van der Waals surface area contributed by atoms with E-state index >= 15 is 0 Å². The fraction of sp³-hybridized carbons (Fsp3) is 0.357. The van der Waals surface area contributed by atoms with Crippen molar-refractivity contribution in [3.8, 4) is 0 Å². The van der Waals surface area contributed by atoms with Gasteiger partial charge in [-0.25, -0.2) is 4.39 Å². The molecular weight excluding hydrogens is 217 g/mol. The van der Waals surface area contributed by atoms with Crippen molar-refractivity contribution in [3.05, 3.63) is 35.8 Å². The van der Waals surface area contributed by atoms with Crippen LogP contribution in [-0.2, 0) is 11.2 Å². The predicted molar refractivity (Wildman–Crippen MR) is 66.7 cm³/mol. The van der Waals surface area contributed by atoms with E-state index in [9.17, 15) is 9.18 Å². The molecule has 0 aliphatic carbocycles. The molecule has 0 unspecified atom stereocenters. The Bertz CT molecular complexity index is 569. The number of Topliss-reactive ketones (excluding diaryl/α,β-unsaturated/α-hetero) is 1. The summed E-state index contributed by atoms with van der Waals surface area (Å²) in [7, 11) is 0. The first-order valence-electron chi connectivity index (χ1n) is 5.78. The van der Waals surface area contributed by atoms with Crippen LogP contribution in [0.4, 0.5) is 4.39 Å². The van der Waals surface area contributed by atoms with E-state index < -0.39 is 0 Å². The number of halogens is 1. The number of benzene rings is 1. The first kappa shape index (κ1) is 11.8. The Kier molecular flexibility index (Phi) is 3.01. The molecular formula is C14H16FNO. The first-order chi connectivity index (χ1) is 8.00. The van der Waals surface area contributed by atoms with Crippen LogP contribution in [0.15, 0.2) is 24.3 Å². The lowest BCUT2D eigenvalue weighted by Gasteiger charge is -2.14. The molecule has 0 fully saturated rings. The molecule has 1 aromatic carbocycles. The number of hydrogen-bond donors (Lipinski definition) is 0. The van der Waals surface area contributed by atoms with Gasteiger partial charge in [0, 0.05) is 23.5 Å². The molecule has 0 radical (unpaired) electrons. The lowest BCUT2D eigenvalue weighted by Crippen LogP contribution is -2.09. The molecule has 3 heteroatoms. The van der Waals surface area contributed by atoms with Crippen LogP contribution in [0.2, 0.25) is 0 Å². The van der Waals surface area contributed by atoms with Gasteiger partial charge in [0.05, 0.1) is 5.52 Å². The SMILES string of the molecule is CC(=O)Cc1cc2cccc(F)c2n1C(C)C. The summed E-state index contributed by atoms with van der Waals surface area (Å²) < 4.78 is 15.8. The van der Waals surface area contributed by atoms with Gasteiger partial charge in [0.15, 0.2) is 0 Å². The number of carbonyl (C=O) groups excluding carboxylic acids is 1. The minimum atomic E-state index is -0.231. The zero-order valence-corrected chi connectivity index (χ0v) is 10.3. The van der Waals surface area contributed by atoms with E-state index in [0.717, 1.165) is 11.1 Å². The van der Waals surface area contributed by atoms with E-state index in [0.29, 0.717) is 11.9 Å². The molecule has 0 saturated heterocycles. The van der Waals surface area contributed by atoms with E-state index in [-0.39, 0.29) is 17.6 Å². The van der Waals surface area contributed by atoms with Crippen molar-refractivity contribution in [2.75, 3.05) is 0 Å². The number of ketones is 1. The van der Waals surface area contributed by atoms with Gasteiger partial charge in [-0.3, -0.25) is 4.79 Å². The van der Waals surface area contributed by atoms with Crippen LogP contribution in [0, 0.1) is 5.82 Å². The fourth-order valence-electron chi connectivity index (χ4n) is 2.28. The number of nitrogens with zero attached hydrogens (tertiary/aromatic N) is 1. The summed E-state index contributed by atoms with van der Waals surface area (Å²) in [4.78, 5) is 11.2. The zero-order chi connectivity index (χ0) is 12.6. The highest BCUT2D eigenvalue weighted by Crippen LogP contribution is 2.26. The minimum Gasteiger partial charge on any atom is -0.339 e. The molecule has 17 heavy (non-hydrogen) atoms. The number of aromatic nitrogens is 1. The number of hydrogen-bond acceptors (Lipinski definition) is 1. The molecule has 0 aliphatic rings. The predicted octanol–water partition coefficient (Wildman–Crippen LogP) is 3.49. The van der Waals surface area contributed by atoms with Crippen LogP contribution >= 0.6 is 0 Å². The lowest BCUT2D eigenvalue weighted by molar-refractivity contribution is -0.116. The summed E-state index contributed by atoms with van der Waals surface area (Å²) in [6, 6.07) is 7.07. The van der Waals surface area contributed by atoms with Gasteiger partial charge < -0.3 is 4.57 Å². The third-order valence-corrected chi connectivity index (χ3v) is 2.84. The summed E-state index contributed by atoms with van der Waals surface area (Å²) in [5.74, 6) is -0.138. The maximum absolute atomic E-state index is 13.9. The molecule has 1 heterocycles. The van der Waals surface area contributed by atoms with Crippen LogP contribution in [0.3, 0.4) is 0 Å². The van der Waals surface area contributed by atoms with Gasteiger partial charge in [-0.15, -0.1) is 0 Å². The number of rotatable bonds is 3. The number of para-hydroxylation sites is 1. The Balaban J connectivity index is 2.71. The molecule has 0 bridgehead atoms. The molecule has 2 rings (SSSR count). The summed E-state index contributed by atoms with van der Waals surface area (Å²) in [6.07, 6.45) is 0.353. The third kappa shape index (κ3) is 2.09. The van der Waals surface area contributed by atoms with Crippen LogP contribution in [0.5, 0.6) is 0 Å². The molecule has 0 saturated carbocycles. The standard InChI is InChI=1S/C14H16FNO/c1-9(2)16-12(7-10(3)17)8-11-5-4-6-13(15)14(11)16/h4-6,8-9H,7H2,1-3H3. The number of carbonyl (C=O) groups is 1. The summed E-state index contributed by atoms with van der Waals surface area (Å²) >= 11 is 0. The van der Waals surface area contributed by atoms with Crippen molar-refractivity contribution in [1.29, 1.82) is 0 Å². The second-order valence-electron chi connectivity index (χ2n) is 4.66. The molecule has 0 spiro atoms. The quantitative estimate of drug-likeness (QED) is 0.795. The van der Waals surface area contributed by atoms with Crippen molar-refractivity contribution in [3.63, 3.8) is 0 Å². The summed E-state index contributed by atoms with van der Waals surface area (Å²) in [6.45, 7) is 5.55. The van der Waals surface area contributed by atoms with Gasteiger partial charge in [0.1, 0.15) is 11.6 Å². The van der Waals surface area contributed by atoms with E-state index in [2.05, 4.69) is 0 Å². The van der Waals surface area contributed by atoms with E-state index in [1.807, 2.05) is 30.5 Å². The Labute approximate surface area is 100 Å². The van der Waals surface area contributed by atoms with Crippen molar-refractivity contribution >= 4 is 16.7 Å². The minimum absolute atomic E-state index is 0.0927. The normalized spacial score (nSPS) is 11.4. The Morgan fingerprint density at radius 3 is 2.71 bits per heavy atom. The fourth-order valence-corrected chi connectivity index (χ4v) is 2.28. The number of fused-ring (bicyclic) bond motifs is 1. The van der Waals surface area contributed by atoms with E-state index in [1.54, 1.807) is 13.0 Å². The monoisotopic (exact) mass is 233 g/mol. The average molecular weight is 233 g/mol. The summed E-state index contributed by atoms with van der Waals surface area (Å²) in [5.41, 5.74) is 1.48. The molecule has 0 aliphatic heterocycles. The highest BCUT2D eigenvalue weighted by molar-refractivity contribution is 5.85. The van der Waals surface area contributed by atoms with Crippen LogP contribution in [0.25, 0.3) is 10.9 Å². The van der Waals surface area contributed by atoms with Crippen molar-refractivity contribution < 1.29 is 9.18 Å². The molecule has 2 aromatic rings. The van der Waals surface area contributed by atoms with Gasteiger partial charge in [-0.2, -0.15) is 0 Å². The second-order valence-corrected chi connectivity index (χ2v) is 4.66. The molecule has 90 valence electrons. The van der Waals surface area contributed by atoms with Gasteiger partial charge in [0.2, 0.25) is 0 Å². The molecule has 0 amide bonds. The molecule has 0 atom stereocenters. The highest BCUT2D eigenvalue weighted by atomic mass is 19.1. The molecule has 0 N–H and O–H groups in total. The topological polar surface area (TPSA) is 22.0 Å². The van der Waals surface area contributed by atoms with Gasteiger partial charge in [-0.05, 0) is 32.9 Å². The van der Waals surface area contributed by atoms with Gasteiger partial charge in [0.25, 0.3) is 0 Å². The van der Waals surface area contributed by atoms with Crippen LogP contribution in [-0.4, -0.2) is 10.4 Å². The first-order valence-corrected chi connectivity index (χ1v) is 5.78. The van der Waals surface area contributed by atoms with Crippen molar-refractivity contribution in [2.24, 2.45) is 0 Å². The Morgan fingerprint density at radius 2 is 2.12 bits per heavy atom. The van der Waals surface area contributed by atoms with Crippen LogP contribution < -0.4 is 0 Å². The highest BCUT2D eigenvalue weighted by Gasteiger charge is 2.15. The maximum atomic E-state index is 13.9. The third-order valence-electron chi connectivity index (χ3n) is 2.84. The smallest absolute Gasteiger partial charge is 0.147 e. The molecule has 1 aromatic heterocycles.